The van der Waals surface area contributed by atoms with Crippen molar-refractivity contribution >= 4 is 39.9 Å². The molecule has 0 aromatic heterocycles. The van der Waals surface area contributed by atoms with Gasteiger partial charge in [-0.25, -0.2) is 4.79 Å². The third kappa shape index (κ3) is 4.90. The number of rotatable bonds is 5. The minimum Gasteiger partial charge on any atom is -0.507 e. The maximum absolute atomic E-state index is 12.4. The number of phenols is 1. The Morgan fingerprint density at radius 3 is 2.03 bits per heavy atom. The van der Waals surface area contributed by atoms with E-state index >= 15 is 0 Å². The summed E-state index contributed by atoms with van der Waals surface area (Å²) in [4.78, 5) is 35.8. The summed E-state index contributed by atoms with van der Waals surface area (Å²) in [5, 5.41) is 16.9. The molecular formula is C22H20N2O5. The Morgan fingerprint density at radius 1 is 0.897 bits per heavy atom. The summed E-state index contributed by atoms with van der Waals surface area (Å²) in [7, 11) is 0. The highest BCUT2D eigenvalue weighted by Crippen LogP contribution is 2.26. The van der Waals surface area contributed by atoms with Gasteiger partial charge in [0.15, 0.2) is 6.10 Å². The third-order valence-electron chi connectivity index (χ3n) is 4.21. The summed E-state index contributed by atoms with van der Waals surface area (Å²) in [5.74, 6) is -1.73. The van der Waals surface area contributed by atoms with Crippen LogP contribution in [0.15, 0.2) is 60.7 Å². The largest absolute Gasteiger partial charge is 0.507 e. The van der Waals surface area contributed by atoms with Gasteiger partial charge in [0, 0.05) is 18.3 Å². The van der Waals surface area contributed by atoms with E-state index in [1.54, 1.807) is 24.3 Å². The zero-order chi connectivity index (χ0) is 21.0. The number of phenolic OH excluding ortho intramolecular Hbond substituents is 1. The Bertz CT molecular complexity index is 1080. The molecule has 7 nitrogen and oxygen atoms in total. The molecule has 7 heteroatoms. The van der Waals surface area contributed by atoms with Gasteiger partial charge < -0.3 is 20.5 Å². The summed E-state index contributed by atoms with van der Waals surface area (Å²) in [6, 6.07) is 16.8. The lowest BCUT2D eigenvalue weighted by molar-refractivity contribution is -0.123. The molecule has 0 saturated carbocycles. The standard InChI is InChI=1S/C22H20N2O5/c1-13(21(27)24-18-9-7-17(8-10-18)23-14(2)25)29-22(28)19-11-15-5-3-4-6-16(15)12-20(19)26/h3-13,26H,1-2H3,(H,23,25)(H,24,27)/t13-/m1/s1. The van der Waals surface area contributed by atoms with E-state index in [1.807, 2.05) is 24.3 Å². The molecule has 0 bridgehead atoms. The predicted octanol–water partition coefficient (Wildman–Crippen LogP) is 3.69. The molecule has 0 radical (unpaired) electrons. The van der Waals surface area contributed by atoms with Crippen LogP contribution in [0, 0.1) is 0 Å². The van der Waals surface area contributed by atoms with Crippen LogP contribution in [0.25, 0.3) is 10.8 Å². The molecule has 0 fully saturated rings. The first-order valence-corrected chi connectivity index (χ1v) is 8.95. The van der Waals surface area contributed by atoms with Crippen molar-refractivity contribution in [2.45, 2.75) is 20.0 Å². The number of benzene rings is 3. The molecule has 0 spiro atoms. The summed E-state index contributed by atoms with van der Waals surface area (Å²) in [5.41, 5.74) is 1.07. The number of carbonyl (C=O) groups is 3. The SMILES string of the molecule is CC(=O)Nc1ccc(NC(=O)[C@@H](C)OC(=O)c2cc3ccccc3cc2O)cc1. The fraction of sp³-hybridized carbons (Fsp3) is 0.136. The van der Waals surface area contributed by atoms with E-state index in [0.717, 1.165) is 10.8 Å². The summed E-state index contributed by atoms with van der Waals surface area (Å²) in [6.07, 6.45) is -1.08. The normalized spacial score (nSPS) is 11.5. The van der Waals surface area contributed by atoms with Gasteiger partial charge in [-0.2, -0.15) is 0 Å². The molecule has 0 heterocycles. The number of ether oxygens (including phenoxy) is 1. The molecule has 0 aliphatic rings. The number of esters is 1. The molecule has 3 aromatic rings. The van der Waals surface area contributed by atoms with E-state index in [9.17, 15) is 19.5 Å². The summed E-state index contributed by atoms with van der Waals surface area (Å²) in [6.45, 7) is 2.84. The first-order valence-electron chi connectivity index (χ1n) is 8.95. The van der Waals surface area contributed by atoms with Crippen molar-refractivity contribution in [1.82, 2.24) is 0 Å². The van der Waals surface area contributed by atoms with Gasteiger partial charge in [-0.15, -0.1) is 0 Å². The second kappa shape index (κ2) is 8.43. The smallest absolute Gasteiger partial charge is 0.342 e. The Hall–Kier alpha value is -3.87. The molecule has 2 amide bonds. The highest BCUT2D eigenvalue weighted by Gasteiger charge is 2.21. The Kier molecular flexibility index (Phi) is 5.78. The molecular weight excluding hydrogens is 372 g/mol. The fourth-order valence-corrected chi connectivity index (χ4v) is 2.75. The minimum absolute atomic E-state index is 0.0111. The van der Waals surface area contributed by atoms with Gasteiger partial charge in [0.05, 0.1) is 0 Å². The molecule has 3 rings (SSSR count). The van der Waals surface area contributed by atoms with Crippen molar-refractivity contribution in [3.8, 4) is 5.75 Å². The number of hydrogen-bond donors (Lipinski definition) is 3. The average molecular weight is 392 g/mol. The molecule has 3 aromatic carbocycles. The molecule has 0 saturated heterocycles. The van der Waals surface area contributed by atoms with Crippen LogP contribution in [0.3, 0.4) is 0 Å². The maximum Gasteiger partial charge on any atom is 0.342 e. The topological polar surface area (TPSA) is 105 Å². The van der Waals surface area contributed by atoms with Gasteiger partial charge in [-0.1, -0.05) is 24.3 Å². The zero-order valence-electron chi connectivity index (χ0n) is 15.9. The maximum atomic E-state index is 12.4. The van der Waals surface area contributed by atoms with Crippen LogP contribution < -0.4 is 10.6 Å². The second-order valence-electron chi connectivity index (χ2n) is 6.51. The van der Waals surface area contributed by atoms with Crippen LogP contribution in [0.1, 0.15) is 24.2 Å². The lowest BCUT2D eigenvalue weighted by Crippen LogP contribution is -2.30. The van der Waals surface area contributed by atoms with E-state index in [4.69, 9.17) is 4.74 Å². The number of fused-ring (bicyclic) bond motifs is 1. The van der Waals surface area contributed by atoms with E-state index in [2.05, 4.69) is 10.6 Å². The Labute approximate surface area is 167 Å². The quantitative estimate of drug-likeness (QED) is 0.575. The van der Waals surface area contributed by atoms with Crippen LogP contribution >= 0.6 is 0 Å². The number of aromatic hydroxyl groups is 1. The number of anilines is 2. The predicted molar refractivity (Wildman–Crippen MR) is 110 cm³/mol. The van der Waals surface area contributed by atoms with Crippen molar-refractivity contribution in [3.05, 3.63) is 66.2 Å². The lowest BCUT2D eigenvalue weighted by Gasteiger charge is -2.14. The van der Waals surface area contributed by atoms with Gasteiger partial charge >= 0.3 is 5.97 Å². The van der Waals surface area contributed by atoms with Crippen molar-refractivity contribution in [2.75, 3.05) is 10.6 Å². The molecule has 148 valence electrons. The molecule has 29 heavy (non-hydrogen) atoms. The first-order chi connectivity index (χ1) is 13.8. The van der Waals surface area contributed by atoms with Crippen molar-refractivity contribution in [3.63, 3.8) is 0 Å². The molecule has 1 atom stereocenters. The lowest BCUT2D eigenvalue weighted by atomic mass is 10.1. The van der Waals surface area contributed by atoms with Crippen LogP contribution in [0.2, 0.25) is 0 Å². The number of amides is 2. The van der Waals surface area contributed by atoms with Crippen LogP contribution in [0.4, 0.5) is 11.4 Å². The number of nitrogens with one attached hydrogen (secondary N) is 2. The second-order valence-corrected chi connectivity index (χ2v) is 6.51. The van der Waals surface area contributed by atoms with Crippen LogP contribution in [-0.2, 0) is 14.3 Å². The van der Waals surface area contributed by atoms with Crippen molar-refractivity contribution < 1.29 is 24.2 Å². The highest BCUT2D eigenvalue weighted by atomic mass is 16.5. The highest BCUT2D eigenvalue weighted by molar-refractivity contribution is 6.01. The fourth-order valence-electron chi connectivity index (χ4n) is 2.75. The molecule has 0 unspecified atom stereocenters. The Balaban J connectivity index is 1.65. The summed E-state index contributed by atoms with van der Waals surface area (Å²) >= 11 is 0. The molecule has 0 aliphatic heterocycles. The first kappa shape index (κ1) is 19.9. The van der Waals surface area contributed by atoms with Gasteiger partial charge in [0.2, 0.25) is 5.91 Å². The van der Waals surface area contributed by atoms with Crippen LogP contribution in [0.5, 0.6) is 5.75 Å². The average Bonchev–Trinajstić information content (AvgIpc) is 2.68. The monoisotopic (exact) mass is 392 g/mol. The van der Waals surface area contributed by atoms with Gasteiger partial charge in [0.25, 0.3) is 5.91 Å². The van der Waals surface area contributed by atoms with E-state index in [0.29, 0.717) is 11.4 Å². The van der Waals surface area contributed by atoms with E-state index < -0.39 is 18.0 Å². The molecule has 3 N–H and O–H groups in total. The third-order valence-corrected chi connectivity index (χ3v) is 4.21. The Morgan fingerprint density at radius 2 is 1.45 bits per heavy atom. The van der Waals surface area contributed by atoms with E-state index in [1.165, 1.54) is 26.0 Å². The van der Waals surface area contributed by atoms with E-state index in [-0.39, 0.29) is 17.2 Å². The number of carbonyl (C=O) groups excluding carboxylic acids is 3. The van der Waals surface area contributed by atoms with Gasteiger partial charge in [0.1, 0.15) is 11.3 Å². The van der Waals surface area contributed by atoms with Crippen molar-refractivity contribution in [1.29, 1.82) is 0 Å². The summed E-state index contributed by atoms with van der Waals surface area (Å²) < 4.78 is 5.21. The van der Waals surface area contributed by atoms with Crippen LogP contribution in [-0.4, -0.2) is 29.0 Å². The number of hydrogen-bond acceptors (Lipinski definition) is 5. The van der Waals surface area contributed by atoms with Gasteiger partial charge in [-0.3, -0.25) is 9.59 Å². The molecule has 0 aliphatic carbocycles. The van der Waals surface area contributed by atoms with Gasteiger partial charge in [-0.05, 0) is 54.1 Å². The zero-order valence-corrected chi connectivity index (χ0v) is 15.9. The van der Waals surface area contributed by atoms with Crippen molar-refractivity contribution in [2.24, 2.45) is 0 Å². The minimum atomic E-state index is -1.08.